The molecule has 0 saturated heterocycles. The quantitative estimate of drug-likeness (QED) is 0.586. The van der Waals surface area contributed by atoms with Gasteiger partial charge in [-0.25, -0.2) is 0 Å². The van der Waals surface area contributed by atoms with Crippen molar-refractivity contribution in [1.82, 2.24) is 0 Å². The first-order chi connectivity index (χ1) is 12.8. The van der Waals surface area contributed by atoms with Gasteiger partial charge in [-0.2, -0.15) is 0 Å². The van der Waals surface area contributed by atoms with Crippen LogP contribution in [0.1, 0.15) is 0 Å². The predicted molar refractivity (Wildman–Crippen MR) is 98.7 cm³/mol. The van der Waals surface area contributed by atoms with Crippen LogP contribution in [0.2, 0.25) is 0 Å². The number of carbonyl (C=O) groups excluding carboxylic acids is 1. The van der Waals surface area contributed by atoms with Gasteiger partial charge >= 0.3 is 0 Å². The summed E-state index contributed by atoms with van der Waals surface area (Å²) >= 11 is 0. The second kappa shape index (κ2) is 5.81. The lowest BCUT2D eigenvalue weighted by Crippen LogP contribution is -2.40. The van der Waals surface area contributed by atoms with E-state index in [0.29, 0.717) is 17.2 Å². The molecule has 5 nitrogen and oxygen atoms in total. The van der Waals surface area contributed by atoms with Gasteiger partial charge in [0.15, 0.2) is 11.5 Å². The number of furan rings is 1. The maximum Gasteiger partial charge on any atom is 0.269 e. The standard InChI is InChI=1S/C21H15NO4/c23-21(20-12-24-17-7-3-4-8-18(17)26-20)22-13-9-10-15-14-5-1-2-6-16(14)25-19(15)11-13/h1-11,20H,12H2,(H,22,23)/t20-/m1/s1. The fourth-order valence-electron chi connectivity index (χ4n) is 3.18. The van der Waals surface area contributed by atoms with Crippen molar-refractivity contribution >= 4 is 33.5 Å². The molecule has 0 bridgehead atoms. The van der Waals surface area contributed by atoms with Gasteiger partial charge in [-0.3, -0.25) is 4.79 Å². The van der Waals surface area contributed by atoms with Crippen molar-refractivity contribution in [3.63, 3.8) is 0 Å². The van der Waals surface area contributed by atoms with Crippen LogP contribution in [0.15, 0.2) is 71.1 Å². The average molecular weight is 345 g/mol. The highest BCUT2D eigenvalue weighted by molar-refractivity contribution is 6.06. The third-order valence-corrected chi connectivity index (χ3v) is 4.45. The highest BCUT2D eigenvalue weighted by atomic mass is 16.6. The first kappa shape index (κ1) is 14.8. The van der Waals surface area contributed by atoms with E-state index in [1.54, 1.807) is 6.07 Å². The molecule has 0 spiro atoms. The zero-order valence-electron chi connectivity index (χ0n) is 13.8. The fourth-order valence-corrected chi connectivity index (χ4v) is 3.18. The van der Waals surface area contributed by atoms with Crippen molar-refractivity contribution < 1.29 is 18.7 Å². The molecule has 1 aromatic heterocycles. The number of hydrogen-bond donors (Lipinski definition) is 1. The summed E-state index contributed by atoms with van der Waals surface area (Å²) in [6, 6.07) is 20.8. The normalized spacial score (nSPS) is 15.9. The van der Waals surface area contributed by atoms with Crippen LogP contribution in [0.3, 0.4) is 0 Å². The second-order valence-electron chi connectivity index (χ2n) is 6.16. The zero-order chi connectivity index (χ0) is 17.5. The SMILES string of the molecule is O=C(Nc1ccc2c(c1)oc1ccccc12)[C@H]1COc2ccccc2O1. The van der Waals surface area contributed by atoms with Crippen LogP contribution in [0.5, 0.6) is 11.5 Å². The molecule has 1 amide bonds. The van der Waals surface area contributed by atoms with E-state index in [1.807, 2.05) is 60.7 Å². The lowest BCUT2D eigenvalue weighted by atomic mass is 10.1. The Morgan fingerprint density at radius 2 is 1.65 bits per heavy atom. The first-order valence-corrected chi connectivity index (χ1v) is 8.38. The number of amides is 1. The Hall–Kier alpha value is -3.47. The predicted octanol–water partition coefficient (Wildman–Crippen LogP) is 4.36. The summed E-state index contributed by atoms with van der Waals surface area (Å²) in [7, 11) is 0. The van der Waals surface area contributed by atoms with E-state index < -0.39 is 6.10 Å². The topological polar surface area (TPSA) is 60.7 Å². The summed E-state index contributed by atoms with van der Waals surface area (Å²) in [4.78, 5) is 12.5. The van der Waals surface area contributed by atoms with Crippen molar-refractivity contribution in [2.75, 3.05) is 11.9 Å². The molecule has 0 radical (unpaired) electrons. The molecule has 1 aliphatic rings. The lowest BCUT2D eigenvalue weighted by Gasteiger charge is -2.25. The lowest BCUT2D eigenvalue weighted by molar-refractivity contribution is -0.125. The number of rotatable bonds is 2. The number of hydrogen-bond acceptors (Lipinski definition) is 4. The highest BCUT2D eigenvalue weighted by Crippen LogP contribution is 2.32. The molecule has 128 valence electrons. The smallest absolute Gasteiger partial charge is 0.269 e. The Kier molecular flexibility index (Phi) is 3.31. The van der Waals surface area contributed by atoms with E-state index in [2.05, 4.69) is 5.32 Å². The van der Waals surface area contributed by atoms with Crippen molar-refractivity contribution in [1.29, 1.82) is 0 Å². The molecule has 2 heterocycles. The molecule has 0 saturated carbocycles. The van der Waals surface area contributed by atoms with Gasteiger partial charge in [0.05, 0.1) is 0 Å². The number of nitrogens with one attached hydrogen (secondary N) is 1. The minimum Gasteiger partial charge on any atom is -0.485 e. The number of ether oxygens (including phenoxy) is 2. The summed E-state index contributed by atoms with van der Waals surface area (Å²) in [6.45, 7) is 0.176. The molecule has 0 fully saturated rings. The van der Waals surface area contributed by atoms with Crippen LogP contribution in [0.25, 0.3) is 21.9 Å². The van der Waals surface area contributed by atoms with Crippen LogP contribution in [-0.4, -0.2) is 18.6 Å². The van der Waals surface area contributed by atoms with E-state index in [1.165, 1.54) is 0 Å². The first-order valence-electron chi connectivity index (χ1n) is 8.38. The Labute approximate surface area is 149 Å². The fraction of sp³-hybridized carbons (Fsp3) is 0.0952. The number of fused-ring (bicyclic) bond motifs is 4. The minimum absolute atomic E-state index is 0.176. The molecule has 4 aromatic rings. The van der Waals surface area contributed by atoms with Gasteiger partial charge in [-0.15, -0.1) is 0 Å². The number of anilines is 1. The third kappa shape index (κ3) is 2.45. The van der Waals surface area contributed by atoms with Crippen molar-refractivity contribution in [2.24, 2.45) is 0 Å². The molecular formula is C21H15NO4. The molecule has 1 aliphatic heterocycles. The van der Waals surface area contributed by atoms with Crippen LogP contribution in [0, 0.1) is 0 Å². The van der Waals surface area contributed by atoms with Crippen LogP contribution >= 0.6 is 0 Å². The molecule has 26 heavy (non-hydrogen) atoms. The van der Waals surface area contributed by atoms with Crippen LogP contribution in [0.4, 0.5) is 5.69 Å². The minimum atomic E-state index is -0.698. The van der Waals surface area contributed by atoms with E-state index in [4.69, 9.17) is 13.9 Å². The summed E-state index contributed by atoms with van der Waals surface area (Å²) < 4.78 is 17.2. The maximum atomic E-state index is 12.5. The van der Waals surface area contributed by atoms with Gasteiger partial charge in [0.1, 0.15) is 17.8 Å². The van der Waals surface area contributed by atoms with Crippen molar-refractivity contribution in [3.8, 4) is 11.5 Å². The summed E-state index contributed by atoms with van der Waals surface area (Å²) in [5, 5.41) is 4.95. The largest absolute Gasteiger partial charge is 0.485 e. The Bertz CT molecular complexity index is 1130. The van der Waals surface area contributed by atoms with Gasteiger partial charge in [0.2, 0.25) is 6.10 Å². The van der Waals surface area contributed by atoms with Gasteiger partial charge in [0, 0.05) is 22.5 Å². The molecular weight excluding hydrogens is 330 g/mol. The van der Waals surface area contributed by atoms with Crippen molar-refractivity contribution in [3.05, 3.63) is 66.7 Å². The average Bonchev–Trinajstić information content (AvgIpc) is 3.05. The molecule has 1 atom stereocenters. The second-order valence-corrected chi connectivity index (χ2v) is 6.16. The maximum absolute atomic E-state index is 12.5. The summed E-state index contributed by atoms with van der Waals surface area (Å²) in [6.07, 6.45) is -0.698. The Morgan fingerprint density at radius 3 is 2.58 bits per heavy atom. The number of carbonyl (C=O) groups is 1. The van der Waals surface area contributed by atoms with E-state index in [9.17, 15) is 4.79 Å². The molecule has 1 N–H and O–H groups in total. The number of para-hydroxylation sites is 3. The summed E-state index contributed by atoms with van der Waals surface area (Å²) in [5.41, 5.74) is 2.21. The summed E-state index contributed by atoms with van der Waals surface area (Å²) in [5.74, 6) is 0.974. The number of benzene rings is 3. The monoisotopic (exact) mass is 345 g/mol. The van der Waals surface area contributed by atoms with E-state index in [-0.39, 0.29) is 12.5 Å². The molecule has 3 aromatic carbocycles. The molecule has 0 unspecified atom stereocenters. The van der Waals surface area contributed by atoms with Crippen molar-refractivity contribution in [2.45, 2.75) is 6.10 Å². The van der Waals surface area contributed by atoms with Crippen LogP contribution in [-0.2, 0) is 4.79 Å². The van der Waals surface area contributed by atoms with Crippen LogP contribution < -0.4 is 14.8 Å². The zero-order valence-corrected chi connectivity index (χ0v) is 13.8. The van der Waals surface area contributed by atoms with Gasteiger partial charge in [0.25, 0.3) is 5.91 Å². The van der Waals surface area contributed by atoms with E-state index >= 15 is 0 Å². The van der Waals surface area contributed by atoms with E-state index in [0.717, 1.165) is 21.9 Å². The van der Waals surface area contributed by atoms with Gasteiger partial charge in [-0.05, 0) is 30.3 Å². The highest BCUT2D eigenvalue weighted by Gasteiger charge is 2.27. The Morgan fingerprint density at radius 1 is 0.885 bits per heavy atom. The Balaban J connectivity index is 1.39. The molecule has 5 rings (SSSR count). The van der Waals surface area contributed by atoms with Gasteiger partial charge in [-0.1, -0.05) is 30.3 Å². The third-order valence-electron chi connectivity index (χ3n) is 4.45. The molecule has 5 heteroatoms. The van der Waals surface area contributed by atoms with Gasteiger partial charge < -0.3 is 19.2 Å². The molecule has 0 aliphatic carbocycles.